The van der Waals surface area contributed by atoms with Crippen molar-refractivity contribution in [1.82, 2.24) is 10.6 Å². The molecule has 2 aromatic rings. The molecular weight excluding hydrogens is 379 g/mol. The highest BCUT2D eigenvalue weighted by molar-refractivity contribution is 7.18. The maximum Gasteiger partial charge on any atom is 0.316 e. The van der Waals surface area contributed by atoms with E-state index in [2.05, 4.69) is 16.0 Å². The smallest absolute Gasteiger partial charge is 0.316 e. The molecule has 1 aliphatic heterocycles. The number of nitrogens with one attached hydrogen (secondary N) is 3. The molecule has 5 N–H and O–H groups in total. The number of hydrogen-bond acceptors (Lipinski definition) is 4. The molecule has 1 aliphatic rings. The predicted molar refractivity (Wildman–Crippen MR) is 104 cm³/mol. The van der Waals surface area contributed by atoms with Crippen LogP contribution in [0.25, 0.3) is 10.4 Å². The van der Waals surface area contributed by atoms with Crippen LogP contribution in [0.2, 0.25) is 0 Å². The Balaban J connectivity index is 0.00000243. The van der Waals surface area contributed by atoms with Gasteiger partial charge in [-0.1, -0.05) is 12.1 Å². The van der Waals surface area contributed by atoms with Crippen LogP contribution in [-0.2, 0) is 0 Å². The van der Waals surface area contributed by atoms with Gasteiger partial charge in [-0.15, -0.1) is 23.7 Å². The lowest BCUT2D eigenvalue weighted by Crippen LogP contribution is -2.45. The van der Waals surface area contributed by atoms with Crippen LogP contribution >= 0.6 is 23.7 Å². The Hall–Kier alpha value is -2.16. The van der Waals surface area contributed by atoms with Gasteiger partial charge in [0, 0.05) is 17.5 Å². The molecule has 9 heteroatoms. The maximum absolute atomic E-state index is 13.5. The van der Waals surface area contributed by atoms with E-state index in [-0.39, 0.29) is 30.2 Å². The highest BCUT2D eigenvalue weighted by atomic mass is 35.5. The van der Waals surface area contributed by atoms with Gasteiger partial charge >= 0.3 is 6.03 Å². The third-order valence-electron chi connectivity index (χ3n) is 3.94. The minimum atomic E-state index is -0.753. The van der Waals surface area contributed by atoms with Crippen LogP contribution in [0.3, 0.4) is 0 Å². The molecule has 0 radical (unpaired) electrons. The Labute approximate surface area is 160 Å². The summed E-state index contributed by atoms with van der Waals surface area (Å²) in [6.45, 7) is 1.66. The number of amides is 3. The van der Waals surface area contributed by atoms with Gasteiger partial charge in [-0.3, -0.25) is 4.79 Å². The van der Waals surface area contributed by atoms with Gasteiger partial charge in [-0.05, 0) is 43.1 Å². The van der Waals surface area contributed by atoms with Crippen LogP contribution in [0.4, 0.5) is 14.9 Å². The molecule has 1 saturated heterocycles. The third-order valence-corrected chi connectivity index (χ3v) is 5.12. The lowest BCUT2D eigenvalue weighted by molar-refractivity contribution is 0.0935. The summed E-state index contributed by atoms with van der Waals surface area (Å²) in [4.78, 5) is 24.9. The van der Waals surface area contributed by atoms with Gasteiger partial charge < -0.3 is 21.7 Å². The molecule has 0 bridgehead atoms. The Morgan fingerprint density at radius 1 is 1.31 bits per heavy atom. The molecule has 1 aromatic heterocycles. The highest BCUT2D eigenvalue weighted by Gasteiger charge is 2.22. The molecule has 6 nitrogen and oxygen atoms in total. The van der Waals surface area contributed by atoms with Gasteiger partial charge in [0.1, 0.15) is 10.7 Å². The number of carbonyl (C=O) groups excluding carboxylic acids is 2. The fraction of sp³-hybridized carbons (Fsp3) is 0.294. The van der Waals surface area contributed by atoms with E-state index in [9.17, 15) is 14.0 Å². The summed E-state index contributed by atoms with van der Waals surface area (Å²) in [7, 11) is 0. The lowest BCUT2D eigenvalue weighted by Gasteiger charge is -2.23. The van der Waals surface area contributed by atoms with E-state index in [4.69, 9.17) is 5.73 Å². The van der Waals surface area contributed by atoms with Crippen molar-refractivity contribution in [2.45, 2.75) is 18.9 Å². The third kappa shape index (κ3) is 4.94. The number of urea groups is 1. The van der Waals surface area contributed by atoms with E-state index in [1.165, 1.54) is 23.5 Å². The Morgan fingerprint density at radius 3 is 2.77 bits per heavy atom. The van der Waals surface area contributed by atoms with Crippen LogP contribution in [0.1, 0.15) is 22.5 Å². The van der Waals surface area contributed by atoms with E-state index in [0.29, 0.717) is 27.5 Å². The van der Waals surface area contributed by atoms with Crippen molar-refractivity contribution < 1.29 is 14.0 Å². The SMILES string of the molecule is Cl.NC(=O)Nc1cc(-c2cccc(F)c2)sc1C(=O)NC1CCCNC1. The fourth-order valence-electron chi connectivity index (χ4n) is 2.80. The van der Waals surface area contributed by atoms with Gasteiger partial charge in [0.2, 0.25) is 0 Å². The molecule has 2 heterocycles. The number of anilines is 1. The summed E-state index contributed by atoms with van der Waals surface area (Å²) >= 11 is 1.19. The first kappa shape index (κ1) is 20.2. The fourth-order valence-corrected chi connectivity index (χ4v) is 3.81. The average Bonchev–Trinajstić information content (AvgIpc) is 2.99. The van der Waals surface area contributed by atoms with Crippen molar-refractivity contribution in [2.24, 2.45) is 5.73 Å². The van der Waals surface area contributed by atoms with Gasteiger partial charge in [0.25, 0.3) is 5.91 Å². The number of halogens is 2. The van der Waals surface area contributed by atoms with Crippen LogP contribution in [0.5, 0.6) is 0 Å². The van der Waals surface area contributed by atoms with E-state index >= 15 is 0 Å². The van der Waals surface area contributed by atoms with E-state index in [0.717, 1.165) is 19.4 Å². The molecule has 1 unspecified atom stereocenters. The maximum atomic E-state index is 13.5. The molecule has 0 spiro atoms. The minimum Gasteiger partial charge on any atom is -0.351 e. The largest absolute Gasteiger partial charge is 0.351 e. The summed E-state index contributed by atoms with van der Waals surface area (Å²) in [5.74, 6) is -0.639. The van der Waals surface area contributed by atoms with Gasteiger partial charge in [0.05, 0.1) is 5.69 Å². The van der Waals surface area contributed by atoms with Crippen molar-refractivity contribution in [2.75, 3.05) is 18.4 Å². The number of nitrogens with two attached hydrogens (primary N) is 1. The molecule has 140 valence electrons. The van der Waals surface area contributed by atoms with Crippen LogP contribution in [0.15, 0.2) is 30.3 Å². The number of benzene rings is 1. The Bertz CT molecular complexity index is 793. The molecule has 1 aromatic carbocycles. The Morgan fingerprint density at radius 2 is 2.12 bits per heavy atom. The first-order chi connectivity index (χ1) is 12.0. The summed E-state index contributed by atoms with van der Waals surface area (Å²) in [6.07, 6.45) is 1.90. The summed E-state index contributed by atoms with van der Waals surface area (Å²) in [5, 5.41) is 8.68. The number of rotatable bonds is 4. The molecule has 0 saturated carbocycles. The van der Waals surface area contributed by atoms with Gasteiger partial charge in [0.15, 0.2) is 0 Å². The zero-order chi connectivity index (χ0) is 17.8. The number of primary amides is 1. The Kier molecular flexibility index (Phi) is 6.96. The zero-order valence-corrected chi connectivity index (χ0v) is 15.5. The van der Waals surface area contributed by atoms with Crippen LogP contribution in [0, 0.1) is 5.82 Å². The number of piperidine rings is 1. The first-order valence-electron chi connectivity index (χ1n) is 8.01. The molecule has 26 heavy (non-hydrogen) atoms. The van der Waals surface area contributed by atoms with E-state index < -0.39 is 6.03 Å². The monoisotopic (exact) mass is 398 g/mol. The second-order valence-corrected chi connectivity index (χ2v) is 6.92. The number of carbonyl (C=O) groups is 2. The molecule has 0 aliphatic carbocycles. The van der Waals surface area contributed by atoms with Crippen molar-refractivity contribution in [1.29, 1.82) is 0 Å². The van der Waals surface area contributed by atoms with Gasteiger partial charge in [-0.25, -0.2) is 9.18 Å². The van der Waals surface area contributed by atoms with Crippen molar-refractivity contribution in [3.05, 3.63) is 41.0 Å². The summed E-state index contributed by atoms with van der Waals surface area (Å²) < 4.78 is 13.5. The molecular formula is C17H20ClFN4O2S. The summed E-state index contributed by atoms with van der Waals surface area (Å²) in [6, 6.07) is 7.00. The normalized spacial score (nSPS) is 16.4. The second-order valence-electron chi connectivity index (χ2n) is 5.87. The topological polar surface area (TPSA) is 96.2 Å². The number of thiophene rings is 1. The highest BCUT2D eigenvalue weighted by Crippen LogP contribution is 2.35. The quantitative estimate of drug-likeness (QED) is 0.637. The van der Waals surface area contributed by atoms with E-state index in [1.807, 2.05) is 0 Å². The average molecular weight is 399 g/mol. The number of hydrogen-bond donors (Lipinski definition) is 4. The molecule has 1 fully saturated rings. The van der Waals surface area contributed by atoms with Crippen molar-refractivity contribution >= 4 is 41.4 Å². The first-order valence-corrected chi connectivity index (χ1v) is 8.82. The van der Waals surface area contributed by atoms with Crippen LogP contribution in [-0.4, -0.2) is 31.1 Å². The minimum absolute atomic E-state index is 0. The van der Waals surface area contributed by atoms with Crippen LogP contribution < -0.4 is 21.7 Å². The predicted octanol–water partition coefficient (Wildman–Crippen LogP) is 2.95. The molecule has 1 atom stereocenters. The molecule has 3 rings (SSSR count). The standard InChI is InChI=1S/C17H19FN4O2S.ClH/c18-11-4-1-3-10(7-11)14-8-13(22-17(19)24)15(25-14)16(23)21-12-5-2-6-20-9-12;/h1,3-4,7-8,12,20H,2,5-6,9H2,(H,21,23)(H3,19,22,24);1H. The lowest BCUT2D eigenvalue weighted by atomic mass is 10.1. The van der Waals surface area contributed by atoms with Crippen molar-refractivity contribution in [3.8, 4) is 10.4 Å². The van der Waals surface area contributed by atoms with E-state index in [1.54, 1.807) is 18.2 Å². The van der Waals surface area contributed by atoms with Gasteiger partial charge in [-0.2, -0.15) is 0 Å². The summed E-state index contributed by atoms with van der Waals surface area (Å²) in [5.41, 5.74) is 6.17. The zero-order valence-electron chi connectivity index (χ0n) is 13.9. The molecule has 3 amide bonds. The van der Waals surface area contributed by atoms with Crippen molar-refractivity contribution in [3.63, 3.8) is 0 Å². The second kappa shape index (κ2) is 8.98.